The van der Waals surface area contributed by atoms with Crippen LogP contribution in [0.5, 0.6) is 0 Å². The molecule has 0 amide bonds. The fourth-order valence-corrected chi connectivity index (χ4v) is 2.27. The Labute approximate surface area is 128 Å². The largest absolute Gasteiger partial charge is 0.379 e. The third-order valence-corrected chi connectivity index (χ3v) is 3.25. The summed E-state index contributed by atoms with van der Waals surface area (Å²) >= 11 is 0. The SMILES string of the molecule is Nc1nonc1-c1nc2ncc(F)cc2n1Cc1cncnc1. The van der Waals surface area contributed by atoms with Gasteiger partial charge in [0.1, 0.15) is 12.1 Å². The van der Waals surface area contributed by atoms with Crippen LogP contribution >= 0.6 is 0 Å². The molecule has 0 fully saturated rings. The zero-order valence-electron chi connectivity index (χ0n) is 11.6. The lowest BCUT2D eigenvalue weighted by Gasteiger charge is -2.07. The molecular weight excluding hydrogens is 303 g/mol. The molecule has 0 saturated carbocycles. The van der Waals surface area contributed by atoms with Crippen LogP contribution in [0.25, 0.3) is 22.7 Å². The molecule has 0 saturated heterocycles. The average Bonchev–Trinajstić information content (AvgIpc) is 3.12. The van der Waals surface area contributed by atoms with Crippen molar-refractivity contribution in [2.24, 2.45) is 0 Å². The van der Waals surface area contributed by atoms with Gasteiger partial charge in [-0.1, -0.05) is 0 Å². The molecule has 0 aliphatic heterocycles. The lowest BCUT2D eigenvalue weighted by molar-refractivity contribution is 0.310. The van der Waals surface area contributed by atoms with Crippen molar-refractivity contribution in [2.75, 3.05) is 5.73 Å². The summed E-state index contributed by atoms with van der Waals surface area (Å²) in [5.41, 5.74) is 7.66. The number of fused-ring (bicyclic) bond motifs is 1. The van der Waals surface area contributed by atoms with E-state index < -0.39 is 5.82 Å². The van der Waals surface area contributed by atoms with Crippen molar-refractivity contribution in [3.63, 3.8) is 0 Å². The molecule has 4 heterocycles. The minimum atomic E-state index is -0.472. The predicted molar refractivity (Wildman–Crippen MR) is 76.3 cm³/mol. The van der Waals surface area contributed by atoms with Crippen molar-refractivity contribution >= 4 is 17.0 Å². The molecule has 0 radical (unpaired) electrons. The summed E-state index contributed by atoms with van der Waals surface area (Å²) < 4.78 is 19.9. The van der Waals surface area contributed by atoms with Gasteiger partial charge in [-0.3, -0.25) is 0 Å². The summed E-state index contributed by atoms with van der Waals surface area (Å²) in [7, 11) is 0. The standard InChI is InChI=1S/C13H9FN8O/c14-8-1-9-12(18-4-8)19-13(10-11(15)21-23-20-10)22(9)5-7-2-16-6-17-3-7/h1-4,6H,5H2,(H2,15,21). The second kappa shape index (κ2) is 5.09. The quantitative estimate of drug-likeness (QED) is 0.595. The number of nitrogen functional groups attached to an aromatic ring is 1. The van der Waals surface area contributed by atoms with Crippen LogP contribution in [-0.2, 0) is 6.54 Å². The molecule has 0 bridgehead atoms. The van der Waals surface area contributed by atoms with Gasteiger partial charge >= 0.3 is 0 Å². The fraction of sp³-hybridized carbons (Fsp3) is 0.0769. The maximum absolute atomic E-state index is 13.6. The van der Waals surface area contributed by atoms with Crippen molar-refractivity contribution in [3.05, 3.63) is 42.4 Å². The third kappa shape index (κ3) is 2.25. The molecule has 0 spiro atoms. The monoisotopic (exact) mass is 312 g/mol. The van der Waals surface area contributed by atoms with E-state index in [2.05, 4.69) is 34.9 Å². The minimum absolute atomic E-state index is 0.0892. The molecular formula is C13H9FN8O. The van der Waals surface area contributed by atoms with E-state index in [1.54, 1.807) is 17.0 Å². The highest BCUT2D eigenvalue weighted by Crippen LogP contribution is 2.26. The van der Waals surface area contributed by atoms with Gasteiger partial charge in [-0.2, -0.15) is 0 Å². The molecule has 0 aliphatic carbocycles. The lowest BCUT2D eigenvalue weighted by Crippen LogP contribution is -2.04. The Balaban J connectivity index is 1.95. The van der Waals surface area contributed by atoms with E-state index in [-0.39, 0.29) is 11.5 Å². The maximum atomic E-state index is 13.6. The van der Waals surface area contributed by atoms with Crippen molar-refractivity contribution in [3.8, 4) is 11.5 Å². The first-order chi connectivity index (χ1) is 11.2. The number of pyridine rings is 1. The Kier molecular flexibility index (Phi) is 2.93. The van der Waals surface area contributed by atoms with E-state index in [9.17, 15) is 4.39 Å². The number of imidazole rings is 1. The van der Waals surface area contributed by atoms with Crippen molar-refractivity contribution in [1.29, 1.82) is 0 Å². The second-order valence-electron chi connectivity index (χ2n) is 4.76. The summed E-state index contributed by atoms with van der Waals surface area (Å²) in [5.74, 6) is -0.00666. The Morgan fingerprint density at radius 2 is 2.00 bits per heavy atom. The van der Waals surface area contributed by atoms with Crippen LogP contribution in [0, 0.1) is 5.82 Å². The van der Waals surface area contributed by atoms with Crippen molar-refractivity contribution in [2.45, 2.75) is 6.54 Å². The zero-order valence-corrected chi connectivity index (χ0v) is 11.6. The summed E-state index contributed by atoms with van der Waals surface area (Å²) in [4.78, 5) is 16.3. The molecule has 4 aromatic heterocycles. The number of anilines is 1. The highest BCUT2D eigenvalue weighted by atomic mass is 19.1. The Morgan fingerprint density at radius 1 is 1.17 bits per heavy atom. The van der Waals surface area contributed by atoms with Crippen molar-refractivity contribution < 1.29 is 9.02 Å². The molecule has 0 atom stereocenters. The summed E-state index contributed by atoms with van der Waals surface area (Å²) in [5, 5.41) is 7.31. The van der Waals surface area contributed by atoms with E-state index >= 15 is 0 Å². The average molecular weight is 312 g/mol. The van der Waals surface area contributed by atoms with Gasteiger partial charge in [0.15, 0.2) is 23.0 Å². The van der Waals surface area contributed by atoms with Crippen LogP contribution in [-0.4, -0.2) is 34.8 Å². The second-order valence-corrected chi connectivity index (χ2v) is 4.76. The Bertz CT molecular complexity index is 980. The maximum Gasteiger partial charge on any atom is 0.199 e. The van der Waals surface area contributed by atoms with Crippen LogP contribution in [0.2, 0.25) is 0 Å². The molecule has 4 aromatic rings. The first kappa shape index (κ1) is 13.2. The number of rotatable bonds is 3. The molecule has 0 unspecified atom stereocenters. The lowest BCUT2D eigenvalue weighted by atomic mass is 10.3. The fourth-order valence-electron chi connectivity index (χ4n) is 2.27. The van der Waals surface area contributed by atoms with E-state index in [0.717, 1.165) is 11.8 Å². The van der Waals surface area contributed by atoms with E-state index in [1.807, 2.05) is 0 Å². The molecule has 0 aromatic carbocycles. The highest BCUT2D eigenvalue weighted by molar-refractivity contribution is 5.78. The van der Waals surface area contributed by atoms with E-state index in [0.29, 0.717) is 23.5 Å². The van der Waals surface area contributed by atoms with Gasteiger partial charge in [0.05, 0.1) is 18.3 Å². The van der Waals surface area contributed by atoms with Crippen LogP contribution in [0.4, 0.5) is 10.2 Å². The van der Waals surface area contributed by atoms with Gasteiger partial charge in [0, 0.05) is 24.0 Å². The van der Waals surface area contributed by atoms with Crippen LogP contribution in [0.1, 0.15) is 5.56 Å². The molecule has 114 valence electrons. The molecule has 2 N–H and O–H groups in total. The Hall–Kier alpha value is -3.43. The van der Waals surface area contributed by atoms with E-state index in [1.165, 1.54) is 12.4 Å². The van der Waals surface area contributed by atoms with E-state index in [4.69, 9.17) is 5.73 Å². The Morgan fingerprint density at radius 3 is 2.74 bits per heavy atom. The van der Waals surface area contributed by atoms with Gasteiger partial charge in [-0.15, -0.1) is 0 Å². The van der Waals surface area contributed by atoms with Crippen LogP contribution in [0.15, 0.2) is 35.6 Å². The summed E-state index contributed by atoms with van der Waals surface area (Å²) in [6.07, 6.45) is 5.83. The van der Waals surface area contributed by atoms with Gasteiger partial charge in [0.2, 0.25) is 0 Å². The van der Waals surface area contributed by atoms with Gasteiger partial charge < -0.3 is 10.3 Å². The molecule has 10 heteroatoms. The number of nitrogens with two attached hydrogens (primary N) is 1. The van der Waals surface area contributed by atoms with Gasteiger partial charge in [0.25, 0.3) is 0 Å². The molecule has 0 aliphatic rings. The number of hydrogen-bond donors (Lipinski definition) is 1. The van der Waals surface area contributed by atoms with Gasteiger partial charge in [-0.05, 0) is 10.3 Å². The number of aromatic nitrogens is 7. The third-order valence-electron chi connectivity index (χ3n) is 3.25. The normalized spacial score (nSPS) is 11.2. The first-order valence-electron chi connectivity index (χ1n) is 6.56. The predicted octanol–water partition coefficient (Wildman–Crippen LogP) is 1.04. The molecule has 9 nitrogen and oxygen atoms in total. The topological polar surface area (TPSA) is 121 Å². The summed E-state index contributed by atoms with van der Waals surface area (Å²) in [6.45, 7) is 0.337. The molecule has 4 rings (SSSR count). The number of hydrogen-bond acceptors (Lipinski definition) is 8. The highest BCUT2D eigenvalue weighted by Gasteiger charge is 2.20. The smallest absolute Gasteiger partial charge is 0.199 e. The number of nitrogens with zero attached hydrogens (tertiary/aromatic N) is 7. The van der Waals surface area contributed by atoms with Crippen molar-refractivity contribution in [1.82, 2.24) is 34.8 Å². The first-order valence-corrected chi connectivity index (χ1v) is 6.56. The van der Waals surface area contributed by atoms with Crippen LogP contribution in [0.3, 0.4) is 0 Å². The molecule has 23 heavy (non-hydrogen) atoms. The summed E-state index contributed by atoms with van der Waals surface area (Å²) in [6, 6.07) is 1.34. The zero-order chi connectivity index (χ0) is 15.8. The van der Waals surface area contributed by atoms with Crippen LogP contribution < -0.4 is 5.73 Å². The number of halogens is 1. The van der Waals surface area contributed by atoms with Gasteiger partial charge in [-0.25, -0.2) is 29.0 Å². The minimum Gasteiger partial charge on any atom is -0.379 e.